The molecule has 3 N–H and O–H groups in total. The van der Waals surface area contributed by atoms with Crippen LogP contribution in [0.3, 0.4) is 0 Å². The molecule has 2 aliphatic carbocycles. The van der Waals surface area contributed by atoms with Gasteiger partial charge in [-0.05, 0) is 48.9 Å². The molecule has 0 aliphatic heterocycles. The largest absolute Gasteiger partial charge is 0.371 e. The molecule has 6 rings (SSSR count). The number of anilines is 2. The van der Waals surface area contributed by atoms with E-state index in [1.54, 1.807) is 24.1 Å². The van der Waals surface area contributed by atoms with Gasteiger partial charge in [0.15, 0.2) is 5.82 Å². The van der Waals surface area contributed by atoms with Gasteiger partial charge in [-0.15, -0.1) is 0 Å². The molecule has 1 heterocycles. The molecule has 268 valence electrons. The minimum absolute atomic E-state index is 0.120. The number of hydrogen-bond donors (Lipinski definition) is 3. The second kappa shape index (κ2) is 17.8. The maximum atomic E-state index is 14.2. The molecule has 11 nitrogen and oxygen atoms in total. The van der Waals surface area contributed by atoms with Crippen molar-refractivity contribution in [1.29, 1.82) is 0 Å². The molecule has 4 aromatic rings. The van der Waals surface area contributed by atoms with Crippen molar-refractivity contribution in [2.24, 2.45) is 0 Å². The van der Waals surface area contributed by atoms with E-state index in [0.717, 1.165) is 62.5 Å². The van der Waals surface area contributed by atoms with E-state index in [4.69, 9.17) is 9.47 Å². The van der Waals surface area contributed by atoms with E-state index in [0.29, 0.717) is 18.9 Å². The second-order valence-corrected chi connectivity index (χ2v) is 13.4. The van der Waals surface area contributed by atoms with Crippen LogP contribution >= 0.6 is 0 Å². The number of aromatic nitrogens is 2. The van der Waals surface area contributed by atoms with E-state index in [9.17, 15) is 14.4 Å². The maximum Gasteiger partial charge on any atom is 0.324 e. The highest BCUT2D eigenvalue weighted by atomic mass is 16.5. The van der Waals surface area contributed by atoms with Crippen LogP contribution in [0, 0.1) is 0 Å². The van der Waals surface area contributed by atoms with Crippen molar-refractivity contribution < 1.29 is 23.9 Å². The van der Waals surface area contributed by atoms with E-state index in [1.165, 1.54) is 10.7 Å². The molecule has 51 heavy (non-hydrogen) atoms. The molecule has 0 bridgehead atoms. The van der Waals surface area contributed by atoms with Crippen molar-refractivity contribution >= 4 is 29.4 Å². The van der Waals surface area contributed by atoms with Crippen molar-refractivity contribution in [3.63, 3.8) is 0 Å². The normalized spacial score (nSPS) is 20.3. The molecule has 2 aliphatic rings. The Bertz CT molecular complexity index is 1720. The highest BCUT2D eigenvalue weighted by Crippen LogP contribution is 2.28. The fourth-order valence-corrected chi connectivity index (χ4v) is 7.02. The van der Waals surface area contributed by atoms with E-state index in [-0.39, 0.29) is 54.2 Å². The molecule has 11 heteroatoms. The first-order chi connectivity index (χ1) is 24.9. The van der Waals surface area contributed by atoms with Crippen LogP contribution in [-0.2, 0) is 34.0 Å². The third kappa shape index (κ3) is 10.0. The summed E-state index contributed by atoms with van der Waals surface area (Å²) in [6.45, 7) is 0.737. The topological polar surface area (TPSA) is 127 Å². The molecule has 0 spiro atoms. The number of hydrogen-bond acceptors (Lipinski definition) is 6. The third-order valence-electron chi connectivity index (χ3n) is 9.71. The Labute approximate surface area is 299 Å². The fraction of sp³-hybridized carbons (Fsp3) is 0.400. The average molecular weight is 693 g/mol. The first-order valence-electron chi connectivity index (χ1n) is 18.0. The molecule has 0 unspecified atom stereocenters. The van der Waals surface area contributed by atoms with Gasteiger partial charge >= 0.3 is 6.03 Å². The van der Waals surface area contributed by atoms with Gasteiger partial charge in [-0.3, -0.25) is 14.9 Å². The Morgan fingerprint density at radius 1 is 0.745 bits per heavy atom. The van der Waals surface area contributed by atoms with Crippen molar-refractivity contribution in [1.82, 2.24) is 20.0 Å². The lowest BCUT2D eigenvalue weighted by molar-refractivity contribution is -0.124. The van der Waals surface area contributed by atoms with Gasteiger partial charge in [0.2, 0.25) is 5.91 Å². The first kappa shape index (κ1) is 35.8. The van der Waals surface area contributed by atoms with Crippen molar-refractivity contribution in [2.75, 3.05) is 17.7 Å². The Hall–Kier alpha value is -5.00. The molecule has 0 radical (unpaired) electrons. The zero-order valence-electron chi connectivity index (χ0n) is 29.2. The minimum atomic E-state index is -0.509. The van der Waals surface area contributed by atoms with Crippen LogP contribution in [0.4, 0.5) is 16.3 Å². The van der Waals surface area contributed by atoms with Crippen molar-refractivity contribution in [3.05, 3.63) is 114 Å². The number of ether oxygens (including phenoxy) is 2. The number of benzene rings is 3. The summed E-state index contributed by atoms with van der Waals surface area (Å²) in [4.78, 5) is 42.5. The molecule has 0 saturated heterocycles. The predicted molar refractivity (Wildman–Crippen MR) is 196 cm³/mol. The summed E-state index contributed by atoms with van der Waals surface area (Å²) in [6.07, 6.45) is 7.08. The third-order valence-corrected chi connectivity index (χ3v) is 9.71. The second-order valence-electron chi connectivity index (χ2n) is 13.4. The number of amides is 4. The standard InChI is InChI=1S/C40H48N6O5/c1-45(33-22-12-14-24-36(33)51-28-30-17-7-3-8-18-30)39(48)34-25-37(43-40(49)41-31-19-9-4-10-20-31)44-46(34)26-38(47)42-32-21-11-13-23-35(32)50-27-29-15-5-2-6-16-29/h2-10,15-20,25,32-33,35-36H,11-14,21-24,26-28H2,1H3,(H,42,47)(H2,41,43,44,49)/t32-,33-,35-,36-/m0/s1. The molecule has 1 aromatic heterocycles. The predicted octanol–water partition coefficient (Wildman–Crippen LogP) is 6.77. The highest BCUT2D eigenvalue weighted by Gasteiger charge is 2.34. The van der Waals surface area contributed by atoms with Crippen molar-refractivity contribution in [3.8, 4) is 0 Å². The number of para-hydroxylation sites is 1. The van der Waals surface area contributed by atoms with Crippen molar-refractivity contribution in [2.45, 2.75) is 95.4 Å². The lowest BCUT2D eigenvalue weighted by atomic mass is 9.91. The van der Waals surface area contributed by atoms with Crippen LogP contribution in [0.25, 0.3) is 0 Å². The van der Waals surface area contributed by atoms with E-state index in [2.05, 4.69) is 21.0 Å². The lowest BCUT2D eigenvalue weighted by Gasteiger charge is -2.37. The summed E-state index contributed by atoms with van der Waals surface area (Å²) in [5.41, 5.74) is 2.98. The number of carbonyl (C=O) groups excluding carboxylic acids is 3. The average Bonchev–Trinajstić information content (AvgIpc) is 3.55. The van der Waals surface area contributed by atoms with Crippen LogP contribution < -0.4 is 16.0 Å². The molecule has 2 fully saturated rings. The van der Waals surface area contributed by atoms with Gasteiger partial charge in [-0.1, -0.05) is 105 Å². The highest BCUT2D eigenvalue weighted by molar-refractivity contribution is 6.00. The molecular formula is C40H48N6O5. The van der Waals surface area contributed by atoms with Gasteiger partial charge in [-0.2, -0.15) is 5.10 Å². The summed E-state index contributed by atoms with van der Waals surface area (Å²) in [7, 11) is 1.78. The molecule has 3 aromatic carbocycles. The Kier molecular flexibility index (Phi) is 12.5. The van der Waals surface area contributed by atoms with E-state index < -0.39 is 6.03 Å². The first-order valence-corrected chi connectivity index (χ1v) is 18.0. The number of nitrogens with one attached hydrogen (secondary N) is 3. The SMILES string of the molecule is CN(C(=O)c1cc(NC(=O)Nc2ccccc2)nn1CC(=O)N[C@H]1CCCC[C@@H]1OCc1ccccc1)[C@H]1CCCC[C@@H]1OCc1ccccc1. The summed E-state index contributed by atoms with van der Waals surface area (Å²) >= 11 is 0. The lowest BCUT2D eigenvalue weighted by Crippen LogP contribution is -2.48. The number of carbonyl (C=O) groups is 3. The number of likely N-dealkylation sites (N-methyl/N-ethyl adjacent to an activating group) is 1. The molecular weight excluding hydrogens is 644 g/mol. The van der Waals surface area contributed by atoms with Crippen LogP contribution in [-0.4, -0.2) is 63.9 Å². The Morgan fingerprint density at radius 3 is 1.98 bits per heavy atom. The quantitative estimate of drug-likeness (QED) is 0.142. The number of urea groups is 1. The van der Waals surface area contributed by atoms with Crippen LogP contribution in [0.2, 0.25) is 0 Å². The van der Waals surface area contributed by atoms with Crippen LogP contribution in [0.5, 0.6) is 0 Å². The summed E-state index contributed by atoms with van der Waals surface area (Å²) in [6, 6.07) is 29.8. The zero-order valence-corrected chi connectivity index (χ0v) is 29.2. The zero-order chi connectivity index (χ0) is 35.4. The van der Waals surface area contributed by atoms with Crippen LogP contribution in [0.15, 0.2) is 97.1 Å². The van der Waals surface area contributed by atoms with Crippen LogP contribution in [0.1, 0.15) is 73.0 Å². The minimum Gasteiger partial charge on any atom is -0.371 e. The number of rotatable bonds is 13. The van der Waals surface area contributed by atoms with Gasteiger partial charge in [0.05, 0.1) is 37.5 Å². The molecule has 4 atom stereocenters. The van der Waals surface area contributed by atoms with Gasteiger partial charge < -0.3 is 25.0 Å². The van der Waals surface area contributed by atoms with Gasteiger partial charge in [0.25, 0.3) is 5.91 Å². The summed E-state index contributed by atoms with van der Waals surface area (Å²) in [5, 5.41) is 13.2. The van der Waals surface area contributed by atoms with Gasteiger partial charge in [0.1, 0.15) is 12.2 Å². The maximum absolute atomic E-state index is 14.2. The molecule has 4 amide bonds. The van der Waals surface area contributed by atoms with Gasteiger partial charge in [0, 0.05) is 18.8 Å². The van der Waals surface area contributed by atoms with E-state index in [1.807, 2.05) is 78.9 Å². The Balaban J connectivity index is 1.16. The smallest absolute Gasteiger partial charge is 0.324 e. The Morgan fingerprint density at radius 2 is 1.31 bits per heavy atom. The number of nitrogens with zero attached hydrogens (tertiary/aromatic N) is 3. The summed E-state index contributed by atoms with van der Waals surface area (Å²) < 4.78 is 14.1. The van der Waals surface area contributed by atoms with Gasteiger partial charge in [-0.25, -0.2) is 9.48 Å². The van der Waals surface area contributed by atoms with E-state index >= 15 is 0 Å². The monoisotopic (exact) mass is 692 g/mol. The fourth-order valence-electron chi connectivity index (χ4n) is 7.02. The summed E-state index contributed by atoms with van der Waals surface area (Å²) in [5.74, 6) is -0.416. The molecule has 2 saturated carbocycles.